The standard InChI is InChI=1S/C21H29NO3/c1-6-24-21-12-17(10-11-20(21)23-5)14-22-16(4)18-8-7-9-19(13-18)25-15(2)3/h7-13,15-16,22H,6,14H2,1-5H3. The molecule has 1 N–H and O–H groups in total. The summed E-state index contributed by atoms with van der Waals surface area (Å²) in [5.74, 6) is 2.45. The van der Waals surface area contributed by atoms with Crippen molar-refractivity contribution in [2.45, 2.75) is 46.4 Å². The quantitative estimate of drug-likeness (QED) is 0.714. The zero-order valence-corrected chi connectivity index (χ0v) is 15.8. The van der Waals surface area contributed by atoms with E-state index >= 15 is 0 Å². The highest BCUT2D eigenvalue weighted by molar-refractivity contribution is 5.43. The van der Waals surface area contributed by atoms with Gasteiger partial charge in [-0.3, -0.25) is 0 Å². The number of benzene rings is 2. The van der Waals surface area contributed by atoms with Gasteiger partial charge in [-0.1, -0.05) is 18.2 Å². The van der Waals surface area contributed by atoms with Crippen molar-refractivity contribution in [3.8, 4) is 17.2 Å². The fourth-order valence-corrected chi connectivity index (χ4v) is 2.62. The molecule has 0 aliphatic heterocycles. The van der Waals surface area contributed by atoms with Crippen molar-refractivity contribution in [2.24, 2.45) is 0 Å². The van der Waals surface area contributed by atoms with Gasteiger partial charge in [-0.25, -0.2) is 0 Å². The zero-order chi connectivity index (χ0) is 18.2. The first-order valence-electron chi connectivity index (χ1n) is 8.83. The second-order valence-electron chi connectivity index (χ2n) is 6.26. The lowest BCUT2D eigenvalue weighted by Crippen LogP contribution is -2.18. The van der Waals surface area contributed by atoms with Gasteiger partial charge in [0.15, 0.2) is 11.5 Å². The van der Waals surface area contributed by atoms with E-state index in [0.29, 0.717) is 6.61 Å². The third kappa shape index (κ3) is 5.68. The molecule has 4 nitrogen and oxygen atoms in total. The summed E-state index contributed by atoms with van der Waals surface area (Å²) in [5.41, 5.74) is 2.36. The van der Waals surface area contributed by atoms with Gasteiger partial charge in [0.05, 0.1) is 19.8 Å². The third-order valence-corrected chi connectivity index (χ3v) is 3.87. The number of ether oxygens (including phenoxy) is 3. The second kappa shape index (κ2) is 9.33. The van der Waals surface area contributed by atoms with Gasteiger partial charge < -0.3 is 19.5 Å². The van der Waals surface area contributed by atoms with Crippen molar-refractivity contribution in [3.63, 3.8) is 0 Å². The van der Waals surface area contributed by atoms with E-state index in [0.717, 1.165) is 29.4 Å². The first kappa shape index (κ1) is 19.1. The van der Waals surface area contributed by atoms with E-state index in [2.05, 4.69) is 30.4 Å². The van der Waals surface area contributed by atoms with Crippen molar-refractivity contribution in [2.75, 3.05) is 13.7 Å². The molecule has 1 unspecified atom stereocenters. The lowest BCUT2D eigenvalue weighted by Gasteiger charge is -2.17. The SMILES string of the molecule is CCOc1cc(CNC(C)c2cccc(OC(C)C)c2)ccc1OC. The van der Waals surface area contributed by atoms with Crippen molar-refractivity contribution in [1.29, 1.82) is 0 Å². The van der Waals surface area contributed by atoms with Crippen LogP contribution in [0.1, 0.15) is 44.9 Å². The van der Waals surface area contributed by atoms with E-state index < -0.39 is 0 Å². The molecule has 25 heavy (non-hydrogen) atoms. The molecule has 0 fully saturated rings. The summed E-state index contributed by atoms with van der Waals surface area (Å²) < 4.78 is 16.8. The number of hydrogen-bond acceptors (Lipinski definition) is 4. The summed E-state index contributed by atoms with van der Waals surface area (Å²) in [6, 6.07) is 14.5. The van der Waals surface area contributed by atoms with E-state index in [1.54, 1.807) is 7.11 Å². The molecule has 0 spiro atoms. The maximum atomic E-state index is 5.78. The topological polar surface area (TPSA) is 39.7 Å². The molecule has 0 aromatic heterocycles. The normalized spacial score (nSPS) is 12.1. The van der Waals surface area contributed by atoms with Gasteiger partial charge in [0.1, 0.15) is 5.75 Å². The van der Waals surface area contributed by atoms with E-state index in [9.17, 15) is 0 Å². The van der Waals surface area contributed by atoms with Crippen LogP contribution in [0.3, 0.4) is 0 Å². The average molecular weight is 343 g/mol. The monoisotopic (exact) mass is 343 g/mol. The van der Waals surface area contributed by atoms with Gasteiger partial charge in [0.2, 0.25) is 0 Å². The summed E-state index contributed by atoms with van der Waals surface area (Å²) in [6.07, 6.45) is 0.176. The minimum absolute atomic E-state index is 0.176. The summed E-state index contributed by atoms with van der Waals surface area (Å²) in [4.78, 5) is 0. The molecule has 0 aliphatic rings. The maximum Gasteiger partial charge on any atom is 0.161 e. The Morgan fingerprint density at radius 3 is 2.48 bits per heavy atom. The highest BCUT2D eigenvalue weighted by Crippen LogP contribution is 2.28. The Bertz CT molecular complexity index is 670. The molecular weight excluding hydrogens is 314 g/mol. The van der Waals surface area contributed by atoms with Crippen LogP contribution >= 0.6 is 0 Å². The molecule has 2 rings (SSSR count). The number of rotatable bonds is 9. The van der Waals surface area contributed by atoms with E-state index in [-0.39, 0.29) is 12.1 Å². The van der Waals surface area contributed by atoms with Gasteiger partial charge >= 0.3 is 0 Å². The molecule has 0 saturated heterocycles. The molecule has 0 saturated carbocycles. The molecule has 0 heterocycles. The van der Waals surface area contributed by atoms with Gasteiger partial charge in [0.25, 0.3) is 0 Å². The molecule has 0 aliphatic carbocycles. The Balaban J connectivity index is 2.02. The van der Waals surface area contributed by atoms with Crippen molar-refractivity contribution < 1.29 is 14.2 Å². The fraction of sp³-hybridized carbons (Fsp3) is 0.429. The predicted molar refractivity (Wildman–Crippen MR) is 102 cm³/mol. The summed E-state index contributed by atoms with van der Waals surface area (Å²) in [5, 5.41) is 3.55. The Kier molecular flexibility index (Phi) is 7.14. The average Bonchev–Trinajstić information content (AvgIpc) is 2.60. The van der Waals surface area contributed by atoms with Gasteiger partial charge in [0, 0.05) is 12.6 Å². The van der Waals surface area contributed by atoms with Gasteiger partial charge in [-0.2, -0.15) is 0 Å². The highest BCUT2D eigenvalue weighted by Gasteiger charge is 2.09. The molecule has 0 bridgehead atoms. The first-order chi connectivity index (χ1) is 12.0. The molecule has 0 amide bonds. The molecule has 136 valence electrons. The zero-order valence-electron chi connectivity index (χ0n) is 15.8. The molecule has 2 aromatic rings. The molecular formula is C21H29NO3. The van der Waals surface area contributed by atoms with Crippen LogP contribution in [0, 0.1) is 0 Å². The smallest absolute Gasteiger partial charge is 0.161 e. The fourth-order valence-electron chi connectivity index (χ4n) is 2.62. The van der Waals surface area contributed by atoms with Crippen LogP contribution in [0.5, 0.6) is 17.2 Å². The van der Waals surface area contributed by atoms with Crippen LogP contribution in [-0.4, -0.2) is 19.8 Å². The summed E-state index contributed by atoms with van der Waals surface area (Å²) in [7, 11) is 1.66. The maximum absolute atomic E-state index is 5.78. The van der Waals surface area contributed by atoms with Crippen LogP contribution in [0.4, 0.5) is 0 Å². The van der Waals surface area contributed by atoms with Crippen molar-refractivity contribution in [1.82, 2.24) is 5.32 Å². The molecule has 2 aromatic carbocycles. The highest BCUT2D eigenvalue weighted by atomic mass is 16.5. The largest absolute Gasteiger partial charge is 0.493 e. The van der Waals surface area contributed by atoms with Gasteiger partial charge in [-0.05, 0) is 63.1 Å². The van der Waals surface area contributed by atoms with E-state index in [1.165, 1.54) is 5.56 Å². The van der Waals surface area contributed by atoms with Crippen LogP contribution in [0.2, 0.25) is 0 Å². The van der Waals surface area contributed by atoms with Crippen molar-refractivity contribution >= 4 is 0 Å². The van der Waals surface area contributed by atoms with Crippen LogP contribution in [-0.2, 0) is 6.54 Å². The Labute approximate surface area is 151 Å². The Morgan fingerprint density at radius 1 is 1.00 bits per heavy atom. The predicted octanol–water partition coefficient (Wildman–Crippen LogP) is 4.73. The van der Waals surface area contributed by atoms with Crippen LogP contribution in [0.15, 0.2) is 42.5 Å². The van der Waals surface area contributed by atoms with Crippen LogP contribution in [0.25, 0.3) is 0 Å². The lowest BCUT2D eigenvalue weighted by molar-refractivity contribution is 0.242. The van der Waals surface area contributed by atoms with E-state index in [1.807, 2.05) is 45.0 Å². The minimum Gasteiger partial charge on any atom is -0.493 e. The number of nitrogens with one attached hydrogen (secondary N) is 1. The van der Waals surface area contributed by atoms with Gasteiger partial charge in [-0.15, -0.1) is 0 Å². The summed E-state index contributed by atoms with van der Waals surface area (Å²) >= 11 is 0. The lowest BCUT2D eigenvalue weighted by atomic mass is 10.1. The molecule has 4 heteroatoms. The Morgan fingerprint density at radius 2 is 1.80 bits per heavy atom. The first-order valence-corrected chi connectivity index (χ1v) is 8.83. The number of hydrogen-bond donors (Lipinski definition) is 1. The molecule has 0 radical (unpaired) electrons. The summed E-state index contributed by atoms with van der Waals surface area (Å²) in [6.45, 7) is 9.56. The number of methoxy groups -OCH3 is 1. The van der Waals surface area contributed by atoms with Crippen molar-refractivity contribution in [3.05, 3.63) is 53.6 Å². The molecule has 1 atom stereocenters. The van der Waals surface area contributed by atoms with Crippen LogP contribution < -0.4 is 19.5 Å². The van der Waals surface area contributed by atoms with E-state index in [4.69, 9.17) is 14.2 Å². The third-order valence-electron chi connectivity index (χ3n) is 3.87. The Hall–Kier alpha value is -2.20. The minimum atomic E-state index is 0.176. The second-order valence-corrected chi connectivity index (χ2v) is 6.26.